The molecular formula is C15H20SSi. The molecule has 1 aromatic carbocycles. The van der Waals surface area contributed by atoms with Gasteiger partial charge in [0, 0.05) is 6.42 Å². The van der Waals surface area contributed by atoms with Gasteiger partial charge in [-0.2, -0.15) is 0 Å². The molecule has 0 amide bonds. The second-order valence-electron chi connectivity index (χ2n) is 5.06. The number of allylic oxidation sites excluding steroid dienone is 1. The third-order valence-electron chi connectivity index (χ3n) is 2.20. The molecule has 0 aromatic heterocycles. The Morgan fingerprint density at radius 3 is 2.41 bits per heavy atom. The largest absolute Gasteiger partial charge is 0.0903 e. The van der Waals surface area contributed by atoms with Crippen LogP contribution < -0.4 is 0 Å². The molecule has 1 rings (SSSR count). The minimum absolute atomic E-state index is 0.856. The van der Waals surface area contributed by atoms with E-state index in [-0.39, 0.29) is 0 Å². The number of hydrogen-bond acceptors (Lipinski definition) is 1. The van der Waals surface area contributed by atoms with Crippen molar-refractivity contribution >= 4 is 25.4 Å². The Balaban J connectivity index is 2.99. The lowest BCUT2D eigenvalue weighted by molar-refractivity contribution is 1.45. The highest BCUT2D eigenvalue weighted by molar-refractivity contribution is 8.03. The molecule has 0 unspecified atom stereocenters. The van der Waals surface area contributed by atoms with Gasteiger partial charge in [0.25, 0.3) is 0 Å². The van der Waals surface area contributed by atoms with Gasteiger partial charge in [0.2, 0.25) is 0 Å². The van der Waals surface area contributed by atoms with Gasteiger partial charge in [0.15, 0.2) is 0 Å². The third kappa shape index (κ3) is 5.81. The summed E-state index contributed by atoms with van der Waals surface area (Å²) in [6.45, 7) is 7.08. The number of rotatable bonds is 3. The van der Waals surface area contributed by atoms with Gasteiger partial charge in [-0.05, 0) is 22.6 Å². The summed E-state index contributed by atoms with van der Waals surface area (Å²) in [4.78, 5) is 0. The van der Waals surface area contributed by atoms with Crippen LogP contribution in [0.2, 0.25) is 19.6 Å². The molecule has 2 heteroatoms. The van der Waals surface area contributed by atoms with E-state index in [4.69, 9.17) is 0 Å². The zero-order valence-corrected chi connectivity index (χ0v) is 12.9. The topological polar surface area (TPSA) is 0 Å². The van der Waals surface area contributed by atoms with E-state index in [1.165, 1.54) is 11.1 Å². The van der Waals surface area contributed by atoms with Gasteiger partial charge in [-0.25, -0.2) is 0 Å². The van der Waals surface area contributed by atoms with Crippen molar-refractivity contribution in [3.63, 3.8) is 0 Å². The predicted octanol–water partition coefficient (Wildman–Crippen LogP) is 4.66. The molecule has 0 spiro atoms. The van der Waals surface area contributed by atoms with E-state index < -0.39 is 8.07 Å². The number of benzene rings is 1. The SMILES string of the molecule is CSC#CC/C(=C/[Si](C)(C)C)c1ccccc1. The van der Waals surface area contributed by atoms with Gasteiger partial charge in [-0.3, -0.25) is 0 Å². The first-order valence-corrected chi connectivity index (χ1v) is 10.6. The molecule has 0 nitrogen and oxygen atoms in total. The predicted molar refractivity (Wildman–Crippen MR) is 83.7 cm³/mol. The van der Waals surface area contributed by atoms with Crippen molar-refractivity contribution in [2.24, 2.45) is 0 Å². The molecule has 0 aliphatic carbocycles. The third-order valence-corrected chi connectivity index (χ3v) is 3.77. The molecule has 90 valence electrons. The fourth-order valence-electron chi connectivity index (χ4n) is 1.61. The van der Waals surface area contributed by atoms with Crippen molar-refractivity contribution in [2.45, 2.75) is 26.1 Å². The summed E-state index contributed by atoms with van der Waals surface area (Å²) in [7, 11) is -1.20. The van der Waals surface area contributed by atoms with Crippen molar-refractivity contribution < 1.29 is 0 Å². The molecule has 0 aliphatic rings. The van der Waals surface area contributed by atoms with Crippen LogP contribution in [0.5, 0.6) is 0 Å². The molecule has 0 fully saturated rings. The summed E-state index contributed by atoms with van der Waals surface area (Å²) >= 11 is 1.58. The van der Waals surface area contributed by atoms with E-state index in [1.54, 1.807) is 11.8 Å². The molecule has 0 atom stereocenters. The smallest absolute Gasteiger partial charge is 0.0691 e. The van der Waals surface area contributed by atoms with E-state index in [9.17, 15) is 0 Å². The van der Waals surface area contributed by atoms with Crippen LogP contribution in [0.1, 0.15) is 12.0 Å². The number of thioether (sulfide) groups is 1. The minimum Gasteiger partial charge on any atom is -0.0903 e. The molecular weight excluding hydrogens is 240 g/mol. The molecule has 0 bridgehead atoms. The Morgan fingerprint density at radius 1 is 1.24 bits per heavy atom. The monoisotopic (exact) mass is 260 g/mol. The molecule has 0 radical (unpaired) electrons. The Kier molecular flexibility index (Phi) is 5.60. The maximum absolute atomic E-state index is 3.22. The molecule has 0 saturated carbocycles. The van der Waals surface area contributed by atoms with Crippen molar-refractivity contribution in [3.8, 4) is 11.2 Å². The van der Waals surface area contributed by atoms with E-state index >= 15 is 0 Å². The van der Waals surface area contributed by atoms with E-state index in [0.29, 0.717) is 0 Å². The summed E-state index contributed by atoms with van der Waals surface area (Å²) in [6, 6.07) is 10.6. The van der Waals surface area contributed by atoms with E-state index in [2.05, 4.69) is 66.8 Å². The summed E-state index contributed by atoms with van der Waals surface area (Å²) in [5.74, 6) is 3.22. The maximum Gasteiger partial charge on any atom is 0.0691 e. The maximum atomic E-state index is 3.22. The van der Waals surface area contributed by atoms with Crippen LogP contribution in [-0.4, -0.2) is 14.3 Å². The van der Waals surface area contributed by atoms with Crippen LogP contribution in [0.4, 0.5) is 0 Å². The van der Waals surface area contributed by atoms with Crippen LogP contribution in [0.25, 0.3) is 5.57 Å². The summed E-state index contributed by atoms with van der Waals surface area (Å²) < 4.78 is 0. The van der Waals surface area contributed by atoms with Crippen LogP contribution >= 0.6 is 11.8 Å². The van der Waals surface area contributed by atoms with Gasteiger partial charge < -0.3 is 0 Å². The minimum atomic E-state index is -1.20. The second-order valence-corrected chi connectivity index (χ2v) is 10.7. The Hall–Kier alpha value is -0.913. The summed E-state index contributed by atoms with van der Waals surface area (Å²) in [5, 5.41) is 3.08. The van der Waals surface area contributed by atoms with Gasteiger partial charge >= 0.3 is 0 Å². The van der Waals surface area contributed by atoms with Crippen molar-refractivity contribution in [1.82, 2.24) is 0 Å². The zero-order valence-electron chi connectivity index (χ0n) is 11.1. The van der Waals surface area contributed by atoms with Crippen molar-refractivity contribution in [1.29, 1.82) is 0 Å². The van der Waals surface area contributed by atoms with Gasteiger partial charge in [0.1, 0.15) is 0 Å². The van der Waals surface area contributed by atoms with Gasteiger partial charge in [0.05, 0.1) is 8.07 Å². The lowest BCUT2D eigenvalue weighted by Crippen LogP contribution is -2.16. The van der Waals surface area contributed by atoms with E-state index in [1.807, 2.05) is 6.26 Å². The van der Waals surface area contributed by atoms with Gasteiger partial charge in [-0.1, -0.05) is 73.4 Å². The van der Waals surface area contributed by atoms with Crippen LogP contribution in [-0.2, 0) is 0 Å². The Morgan fingerprint density at radius 2 is 1.88 bits per heavy atom. The lowest BCUT2D eigenvalue weighted by atomic mass is 10.1. The average molecular weight is 260 g/mol. The molecule has 0 heterocycles. The molecule has 0 saturated heterocycles. The fourth-order valence-corrected chi connectivity index (χ4v) is 3.15. The first-order valence-electron chi connectivity index (χ1n) is 5.81. The highest BCUT2D eigenvalue weighted by Crippen LogP contribution is 2.21. The van der Waals surface area contributed by atoms with Crippen molar-refractivity contribution in [3.05, 3.63) is 41.6 Å². The quantitative estimate of drug-likeness (QED) is 0.562. The normalized spacial score (nSPS) is 11.9. The van der Waals surface area contributed by atoms with E-state index in [0.717, 1.165) is 6.42 Å². The molecule has 1 aromatic rings. The molecule has 17 heavy (non-hydrogen) atoms. The van der Waals surface area contributed by atoms with Crippen molar-refractivity contribution in [2.75, 3.05) is 6.26 Å². The van der Waals surface area contributed by atoms with Crippen LogP contribution in [0.15, 0.2) is 36.0 Å². The number of hydrogen-bond donors (Lipinski definition) is 0. The standard InChI is InChI=1S/C15H20SSi/c1-16-12-8-11-15(13-17(2,3)4)14-9-6-5-7-10-14/h5-7,9-10,13H,11H2,1-4H3/b15-13-. The first kappa shape index (κ1) is 14.1. The Bertz CT molecular complexity index is 429. The highest BCUT2D eigenvalue weighted by Gasteiger charge is 2.11. The zero-order chi connectivity index (χ0) is 12.7. The lowest BCUT2D eigenvalue weighted by Gasteiger charge is -2.13. The van der Waals surface area contributed by atoms with Crippen LogP contribution in [0, 0.1) is 11.2 Å². The molecule has 0 N–H and O–H groups in total. The highest BCUT2D eigenvalue weighted by atomic mass is 32.2. The van der Waals surface area contributed by atoms with Crippen LogP contribution in [0.3, 0.4) is 0 Å². The fraction of sp³-hybridized carbons (Fsp3) is 0.333. The molecule has 0 aliphatic heterocycles. The summed E-state index contributed by atoms with van der Waals surface area (Å²) in [5.41, 5.74) is 5.15. The second kappa shape index (κ2) is 6.73. The summed E-state index contributed by atoms with van der Waals surface area (Å²) in [6.07, 6.45) is 2.87. The first-order chi connectivity index (χ1) is 8.03. The Labute approximate surface area is 111 Å². The average Bonchev–Trinajstić information content (AvgIpc) is 2.28. The van der Waals surface area contributed by atoms with Gasteiger partial charge in [-0.15, -0.1) is 0 Å².